The van der Waals surface area contributed by atoms with Crippen LogP contribution in [0.5, 0.6) is 0 Å². The molecular formula is C11H19N5O2. The zero-order chi connectivity index (χ0) is 13.5. The molecule has 0 saturated carbocycles. The second-order valence-electron chi connectivity index (χ2n) is 4.04. The van der Waals surface area contributed by atoms with E-state index in [2.05, 4.69) is 15.5 Å². The van der Waals surface area contributed by atoms with Crippen LogP contribution in [0.3, 0.4) is 0 Å². The number of nitrogens with zero attached hydrogens (tertiary/aromatic N) is 4. The predicted octanol–water partition coefficient (Wildman–Crippen LogP) is -0.230. The molecule has 0 spiro atoms. The van der Waals surface area contributed by atoms with Crippen molar-refractivity contribution in [2.24, 2.45) is 4.99 Å². The molecular weight excluding hydrogens is 234 g/mol. The molecule has 0 aliphatic carbocycles. The van der Waals surface area contributed by atoms with Gasteiger partial charge in [-0.2, -0.15) is 0 Å². The van der Waals surface area contributed by atoms with Crippen molar-refractivity contribution < 1.29 is 9.32 Å². The first-order valence-electron chi connectivity index (χ1n) is 5.55. The van der Waals surface area contributed by atoms with Crippen molar-refractivity contribution in [3.8, 4) is 0 Å². The Bertz CT molecular complexity index is 400. The monoisotopic (exact) mass is 253 g/mol. The zero-order valence-corrected chi connectivity index (χ0v) is 11.2. The highest BCUT2D eigenvalue weighted by Gasteiger charge is 2.10. The molecule has 0 aromatic carbocycles. The van der Waals surface area contributed by atoms with Gasteiger partial charge in [0.25, 0.3) is 0 Å². The number of hydrogen-bond acceptors (Lipinski definition) is 4. The first-order valence-corrected chi connectivity index (χ1v) is 5.55. The van der Waals surface area contributed by atoms with Crippen LogP contribution in [0.2, 0.25) is 0 Å². The van der Waals surface area contributed by atoms with Gasteiger partial charge in [0.05, 0.1) is 13.1 Å². The Hall–Kier alpha value is -2.05. The molecule has 7 heteroatoms. The first kappa shape index (κ1) is 14.0. The number of aromatic nitrogens is 1. The van der Waals surface area contributed by atoms with Gasteiger partial charge in [-0.15, -0.1) is 0 Å². The molecule has 0 aliphatic heterocycles. The number of carbonyl (C=O) groups is 1. The summed E-state index contributed by atoms with van der Waals surface area (Å²) in [6.07, 6.45) is 1.52. The van der Waals surface area contributed by atoms with Gasteiger partial charge >= 0.3 is 0 Å². The van der Waals surface area contributed by atoms with E-state index < -0.39 is 0 Å². The lowest BCUT2D eigenvalue weighted by Crippen LogP contribution is -2.43. The van der Waals surface area contributed by atoms with Crippen molar-refractivity contribution in [2.45, 2.75) is 6.54 Å². The minimum Gasteiger partial charge on any atom is -0.364 e. The molecule has 0 atom stereocenters. The normalized spacial score (nSPS) is 11.2. The van der Waals surface area contributed by atoms with E-state index in [1.54, 1.807) is 27.2 Å². The van der Waals surface area contributed by atoms with Gasteiger partial charge < -0.3 is 19.6 Å². The Balaban J connectivity index is 2.48. The van der Waals surface area contributed by atoms with Gasteiger partial charge in [0.15, 0.2) is 5.96 Å². The summed E-state index contributed by atoms with van der Waals surface area (Å²) in [7, 11) is 6.96. The summed E-state index contributed by atoms with van der Waals surface area (Å²) in [5, 5.41) is 6.81. The molecule has 0 fully saturated rings. The van der Waals surface area contributed by atoms with Crippen LogP contribution in [0.1, 0.15) is 5.69 Å². The van der Waals surface area contributed by atoms with Gasteiger partial charge in [0.2, 0.25) is 5.91 Å². The Morgan fingerprint density at radius 1 is 1.50 bits per heavy atom. The minimum atomic E-state index is -0.00835. The maximum atomic E-state index is 11.5. The molecule has 1 rings (SSSR count). The van der Waals surface area contributed by atoms with E-state index in [9.17, 15) is 4.79 Å². The van der Waals surface area contributed by atoms with Gasteiger partial charge in [0, 0.05) is 34.3 Å². The molecule has 0 aliphatic rings. The van der Waals surface area contributed by atoms with E-state index in [1.165, 1.54) is 11.2 Å². The van der Waals surface area contributed by atoms with Gasteiger partial charge in [-0.05, 0) is 0 Å². The van der Waals surface area contributed by atoms with Crippen molar-refractivity contribution in [3.05, 3.63) is 18.0 Å². The average Bonchev–Trinajstić information content (AvgIpc) is 2.82. The fourth-order valence-corrected chi connectivity index (χ4v) is 1.33. The van der Waals surface area contributed by atoms with Crippen LogP contribution < -0.4 is 5.32 Å². The average molecular weight is 253 g/mol. The molecule has 1 N–H and O–H groups in total. The number of aliphatic imine (C=N–C) groups is 1. The van der Waals surface area contributed by atoms with Crippen LogP contribution in [0.25, 0.3) is 0 Å². The van der Waals surface area contributed by atoms with E-state index in [0.29, 0.717) is 12.5 Å². The third kappa shape index (κ3) is 4.08. The van der Waals surface area contributed by atoms with E-state index in [4.69, 9.17) is 4.52 Å². The predicted molar refractivity (Wildman–Crippen MR) is 68.0 cm³/mol. The Labute approximate surface area is 106 Å². The number of nitrogens with one attached hydrogen (secondary N) is 1. The molecule has 18 heavy (non-hydrogen) atoms. The number of rotatable bonds is 4. The van der Waals surface area contributed by atoms with Gasteiger partial charge in [-0.25, -0.2) is 0 Å². The summed E-state index contributed by atoms with van der Waals surface area (Å²) in [6, 6.07) is 1.79. The lowest BCUT2D eigenvalue weighted by atomic mass is 10.4. The Morgan fingerprint density at radius 2 is 2.22 bits per heavy atom. The highest BCUT2D eigenvalue weighted by molar-refractivity contribution is 5.86. The fraction of sp³-hybridized carbons (Fsp3) is 0.545. The summed E-state index contributed by atoms with van der Waals surface area (Å²) in [5.41, 5.74) is 0.805. The Kier molecular flexibility index (Phi) is 5.16. The minimum absolute atomic E-state index is 0.00835. The summed E-state index contributed by atoms with van der Waals surface area (Å²) < 4.78 is 4.76. The van der Waals surface area contributed by atoms with Crippen molar-refractivity contribution in [1.29, 1.82) is 0 Å². The standard InChI is InChI=1S/C11H19N5O2/c1-12-11(13-7-10(17)15(2)3)16(4)8-9-5-6-18-14-9/h5-6H,7-8H2,1-4H3,(H,12,13). The maximum absolute atomic E-state index is 11.5. The summed E-state index contributed by atoms with van der Waals surface area (Å²) in [6.45, 7) is 0.773. The number of carbonyl (C=O) groups excluding carboxylic acids is 1. The van der Waals surface area contributed by atoms with E-state index in [0.717, 1.165) is 5.69 Å². The van der Waals surface area contributed by atoms with Crippen LogP contribution in [0, 0.1) is 0 Å². The van der Waals surface area contributed by atoms with Gasteiger partial charge in [0.1, 0.15) is 12.0 Å². The lowest BCUT2D eigenvalue weighted by molar-refractivity contribution is -0.127. The molecule has 100 valence electrons. The van der Waals surface area contributed by atoms with Gasteiger partial charge in [-0.1, -0.05) is 5.16 Å². The smallest absolute Gasteiger partial charge is 0.241 e. The maximum Gasteiger partial charge on any atom is 0.241 e. The third-order valence-electron chi connectivity index (χ3n) is 2.36. The number of likely N-dealkylation sites (N-methyl/N-ethyl adjacent to an activating group) is 1. The Morgan fingerprint density at radius 3 is 2.72 bits per heavy atom. The molecule has 1 heterocycles. The molecule has 1 amide bonds. The van der Waals surface area contributed by atoms with Crippen LogP contribution in [0.15, 0.2) is 21.8 Å². The molecule has 0 saturated heterocycles. The number of hydrogen-bond donors (Lipinski definition) is 1. The van der Waals surface area contributed by atoms with Crippen LogP contribution >= 0.6 is 0 Å². The highest BCUT2D eigenvalue weighted by Crippen LogP contribution is 1.99. The van der Waals surface area contributed by atoms with Crippen molar-refractivity contribution >= 4 is 11.9 Å². The molecule has 1 aromatic rings. The fourth-order valence-electron chi connectivity index (χ4n) is 1.33. The van der Waals surface area contributed by atoms with E-state index in [-0.39, 0.29) is 12.5 Å². The van der Waals surface area contributed by atoms with Crippen molar-refractivity contribution in [3.63, 3.8) is 0 Å². The molecule has 7 nitrogen and oxygen atoms in total. The summed E-state index contributed by atoms with van der Waals surface area (Å²) >= 11 is 0. The highest BCUT2D eigenvalue weighted by atomic mass is 16.5. The molecule has 0 unspecified atom stereocenters. The largest absolute Gasteiger partial charge is 0.364 e. The quantitative estimate of drug-likeness (QED) is 0.592. The molecule has 0 bridgehead atoms. The second kappa shape index (κ2) is 6.63. The van der Waals surface area contributed by atoms with E-state index >= 15 is 0 Å². The SMILES string of the molecule is CN=C(NCC(=O)N(C)C)N(C)Cc1ccon1. The van der Waals surface area contributed by atoms with E-state index in [1.807, 2.05) is 11.9 Å². The third-order valence-corrected chi connectivity index (χ3v) is 2.36. The first-order chi connectivity index (χ1) is 8.54. The van der Waals surface area contributed by atoms with Crippen molar-refractivity contribution in [1.82, 2.24) is 20.3 Å². The van der Waals surface area contributed by atoms with Gasteiger partial charge in [-0.3, -0.25) is 9.79 Å². The zero-order valence-electron chi connectivity index (χ0n) is 11.2. The topological polar surface area (TPSA) is 74.0 Å². The molecule has 1 aromatic heterocycles. The summed E-state index contributed by atoms with van der Waals surface area (Å²) in [4.78, 5) is 19.0. The molecule has 0 radical (unpaired) electrons. The lowest BCUT2D eigenvalue weighted by Gasteiger charge is -2.21. The summed E-state index contributed by atoms with van der Waals surface area (Å²) in [5.74, 6) is 0.624. The second-order valence-corrected chi connectivity index (χ2v) is 4.04. The van der Waals surface area contributed by atoms with Crippen LogP contribution in [-0.4, -0.2) is 61.6 Å². The van der Waals surface area contributed by atoms with Crippen LogP contribution in [-0.2, 0) is 11.3 Å². The van der Waals surface area contributed by atoms with Crippen LogP contribution in [0.4, 0.5) is 0 Å². The van der Waals surface area contributed by atoms with Crippen molar-refractivity contribution in [2.75, 3.05) is 34.7 Å². The number of guanidine groups is 1. The number of amides is 1.